The summed E-state index contributed by atoms with van der Waals surface area (Å²) in [5, 5.41) is 6.08. The molecule has 2 N–H and O–H groups in total. The van der Waals surface area contributed by atoms with E-state index in [4.69, 9.17) is 0 Å². The zero-order chi connectivity index (χ0) is 15.1. The Morgan fingerprint density at radius 1 is 1.00 bits per heavy atom. The Labute approximate surface area is 124 Å². The highest BCUT2D eigenvalue weighted by atomic mass is 19.1. The standard InChI is InChI=1S/C17H19FN2O/c1-13(21)20-17-8-4-15(5-9-17)12-19-11-10-14-2-6-16(18)7-3-14/h2-9,19H,10-12H2,1H3,(H,20,21). The van der Waals surface area contributed by atoms with Crippen molar-refractivity contribution in [3.63, 3.8) is 0 Å². The molecular formula is C17H19FN2O. The first kappa shape index (κ1) is 15.2. The molecule has 21 heavy (non-hydrogen) atoms. The van der Waals surface area contributed by atoms with E-state index in [1.165, 1.54) is 19.1 Å². The molecule has 0 atom stereocenters. The van der Waals surface area contributed by atoms with Gasteiger partial charge in [-0.2, -0.15) is 0 Å². The Morgan fingerprint density at radius 3 is 2.24 bits per heavy atom. The fourth-order valence-electron chi connectivity index (χ4n) is 2.03. The number of carbonyl (C=O) groups is 1. The molecule has 0 spiro atoms. The van der Waals surface area contributed by atoms with E-state index < -0.39 is 0 Å². The Balaban J connectivity index is 1.73. The van der Waals surface area contributed by atoms with Gasteiger partial charge in [-0.1, -0.05) is 24.3 Å². The van der Waals surface area contributed by atoms with Gasteiger partial charge in [0.2, 0.25) is 5.91 Å². The molecule has 0 radical (unpaired) electrons. The number of benzene rings is 2. The van der Waals surface area contributed by atoms with Crippen molar-refractivity contribution in [2.75, 3.05) is 11.9 Å². The first-order valence-corrected chi connectivity index (χ1v) is 6.95. The predicted molar refractivity (Wildman–Crippen MR) is 82.6 cm³/mol. The fourth-order valence-corrected chi connectivity index (χ4v) is 2.03. The highest BCUT2D eigenvalue weighted by Gasteiger charge is 1.97. The molecule has 2 aromatic carbocycles. The van der Waals surface area contributed by atoms with Gasteiger partial charge in [0.15, 0.2) is 0 Å². The summed E-state index contributed by atoms with van der Waals surface area (Å²) in [5.41, 5.74) is 3.07. The van der Waals surface area contributed by atoms with Crippen LogP contribution in [0.15, 0.2) is 48.5 Å². The average Bonchev–Trinajstić information content (AvgIpc) is 2.46. The quantitative estimate of drug-likeness (QED) is 0.801. The van der Waals surface area contributed by atoms with Gasteiger partial charge in [-0.15, -0.1) is 0 Å². The Hall–Kier alpha value is -2.20. The molecule has 0 saturated heterocycles. The Kier molecular flexibility index (Phi) is 5.46. The molecule has 0 aliphatic rings. The van der Waals surface area contributed by atoms with Crippen molar-refractivity contribution in [2.45, 2.75) is 19.9 Å². The van der Waals surface area contributed by atoms with Crippen molar-refractivity contribution in [1.82, 2.24) is 5.32 Å². The van der Waals surface area contributed by atoms with Gasteiger partial charge in [0.1, 0.15) is 5.82 Å². The summed E-state index contributed by atoms with van der Waals surface area (Å²) >= 11 is 0. The second-order valence-electron chi connectivity index (χ2n) is 4.93. The number of amides is 1. The molecule has 4 heteroatoms. The van der Waals surface area contributed by atoms with E-state index in [1.807, 2.05) is 24.3 Å². The number of nitrogens with one attached hydrogen (secondary N) is 2. The van der Waals surface area contributed by atoms with Crippen LogP contribution in [-0.4, -0.2) is 12.5 Å². The van der Waals surface area contributed by atoms with Gasteiger partial charge in [-0.05, 0) is 48.4 Å². The van der Waals surface area contributed by atoms with Crippen LogP contribution in [-0.2, 0) is 17.8 Å². The lowest BCUT2D eigenvalue weighted by molar-refractivity contribution is -0.114. The van der Waals surface area contributed by atoms with Crippen molar-refractivity contribution in [3.8, 4) is 0 Å². The second kappa shape index (κ2) is 7.55. The minimum absolute atomic E-state index is 0.0693. The van der Waals surface area contributed by atoms with Crippen LogP contribution in [0.4, 0.5) is 10.1 Å². The van der Waals surface area contributed by atoms with Crippen molar-refractivity contribution in [1.29, 1.82) is 0 Å². The number of rotatable bonds is 6. The smallest absolute Gasteiger partial charge is 0.221 e. The first-order valence-electron chi connectivity index (χ1n) is 6.95. The maximum Gasteiger partial charge on any atom is 0.221 e. The van der Waals surface area contributed by atoms with Crippen LogP contribution in [0, 0.1) is 5.82 Å². The Morgan fingerprint density at radius 2 is 1.62 bits per heavy atom. The number of anilines is 1. The molecule has 2 rings (SSSR count). The van der Waals surface area contributed by atoms with E-state index in [2.05, 4.69) is 10.6 Å². The predicted octanol–water partition coefficient (Wildman–Crippen LogP) is 3.12. The normalized spacial score (nSPS) is 10.4. The lowest BCUT2D eigenvalue weighted by Gasteiger charge is -2.07. The highest BCUT2D eigenvalue weighted by Crippen LogP contribution is 2.09. The van der Waals surface area contributed by atoms with Gasteiger partial charge in [0.05, 0.1) is 0 Å². The molecule has 0 aliphatic carbocycles. The summed E-state index contributed by atoms with van der Waals surface area (Å²) < 4.78 is 12.8. The van der Waals surface area contributed by atoms with E-state index in [9.17, 15) is 9.18 Å². The van der Waals surface area contributed by atoms with Gasteiger partial charge < -0.3 is 10.6 Å². The summed E-state index contributed by atoms with van der Waals surface area (Å²) in [6, 6.07) is 14.3. The molecule has 0 heterocycles. The molecule has 0 saturated carbocycles. The molecule has 0 aromatic heterocycles. The van der Waals surface area contributed by atoms with Gasteiger partial charge in [0.25, 0.3) is 0 Å². The SMILES string of the molecule is CC(=O)Nc1ccc(CNCCc2ccc(F)cc2)cc1. The summed E-state index contributed by atoms with van der Waals surface area (Å²) in [6.45, 7) is 3.09. The van der Waals surface area contributed by atoms with Crippen LogP contribution in [0.1, 0.15) is 18.1 Å². The minimum atomic E-state index is -0.203. The fraction of sp³-hybridized carbons (Fsp3) is 0.235. The largest absolute Gasteiger partial charge is 0.326 e. The van der Waals surface area contributed by atoms with Crippen LogP contribution in [0.2, 0.25) is 0 Å². The third kappa shape index (κ3) is 5.36. The molecule has 0 bridgehead atoms. The molecule has 0 unspecified atom stereocenters. The van der Waals surface area contributed by atoms with Crippen LogP contribution < -0.4 is 10.6 Å². The number of hydrogen-bond acceptors (Lipinski definition) is 2. The van der Waals surface area contributed by atoms with E-state index in [1.54, 1.807) is 12.1 Å². The van der Waals surface area contributed by atoms with E-state index in [-0.39, 0.29) is 11.7 Å². The van der Waals surface area contributed by atoms with Gasteiger partial charge in [-0.25, -0.2) is 4.39 Å². The summed E-state index contributed by atoms with van der Waals surface area (Å²) in [6.07, 6.45) is 0.865. The maximum atomic E-state index is 12.8. The summed E-state index contributed by atoms with van der Waals surface area (Å²) in [5.74, 6) is -0.272. The molecule has 2 aromatic rings. The third-order valence-corrected chi connectivity index (χ3v) is 3.11. The van der Waals surface area contributed by atoms with Gasteiger partial charge >= 0.3 is 0 Å². The molecule has 0 fully saturated rings. The second-order valence-corrected chi connectivity index (χ2v) is 4.93. The molecule has 3 nitrogen and oxygen atoms in total. The molecule has 0 aliphatic heterocycles. The van der Waals surface area contributed by atoms with Crippen molar-refractivity contribution >= 4 is 11.6 Å². The van der Waals surface area contributed by atoms with E-state index in [0.717, 1.165) is 36.3 Å². The zero-order valence-corrected chi connectivity index (χ0v) is 12.0. The number of hydrogen-bond donors (Lipinski definition) is 2. The van der Waals surface area contributed by atoms with Gasteiger partial charge in [0, 0.05) is 19.2 Å². The van der Waals surface area contributed by atoms with E-state index >= 15 is 0 Å². The van der Waals surface area contributed by atoms with Crippen LogP contribution >= 0.6 is 0 Å². The van der Waals surface area contributed by atoms with Crippen molar-refractivity contribution in [3.05, 3.63) is 65.5 Å². The maximum absolute atomic E-state index is 12.8. The number of carbonyl (C=O) groups excluding carboxylic acids is 1. The molecule has 1 amide bonds. The van der Waals surface area contributed by atoms with Gasteiger partial charge in [-0.3, -0.25) is 4.79 Å². The summed E-state index contributed by atoms with van der Waals surface area (Å²) in [4.78, 5) is 10.9. The third-order valence-electron chi connectivity index (χ3n) is 3.11. The average molecular weight is 286 g/mol. The van der Waals surface area contributed by atoms with Crippen molar-refractivity contribution < 1.29 is 9.18 Å². The van der Waals surface area contributed by atoms with Crippen LogP contribution in [0.3, 0.4) is 0 Å². The molecule has 110 valence electrons. The number of halogens is 1. The van der Waals surface area contributed by atoms with Crippen LogP contribution in [0.5, 0.6) is 0 Å². The van der Waals surface area contributed by atoms with E-state index in [0.29, 0.717) is 0 Å². The topological polar surface area (TPSA) is 41.1 Å². The lowest BCUT2D eigenvalue weighted by atomic mass is 10.1. The first-order chi connectivity index (χ1) is 10.1. The molecular weight excluding hydrogens is 267 g/mol. The van der Waals surface area contributed by atoms with Crippen LogP contribution in [0.25, 0.3) is 0 Å². The monoisotopic (exact) mass is 286 g/mol. The van der Waals surface area contributed by atoms with Crippen molar-refractivity contribution in [2.24, 2.45) is 0 Å². The minimum Gasteiger partial charge on any atom is -0.326 e. The summed E-state index contributed by atoms with van der Waals surface area (Å²) in [7, 11) is 0. The Bertz CT molecular complexity index is 579. The zero-order valence-electron chi connectivity index (χ0n) is 12.0. The lowest BCUT2D eigenvalue weighted by Crippen LogP contribution is -2.16. The highest BCUT2D eigenvalue weighted by molar-refractivity contribution is 5.88.